The molecule has 3 N–H and O–H groups in total. The van der Waals surface area contributed by atoms with Crippen LogP contribution >= 0.6 is 0 Å². The number of piperidine rings is 1. The molecule has 1 rings (SSSR count). The first-order chi connectivity index (χ1) is 8.45. The van der Waals surface area contributed by atoms with Crippen LogP contribution in [0.15, 0.2) is 0 Å². The normalized spacial score (nSPS) is 22.0. The summed E-state index contributed by atoms with van der Waals surface area (Å²) >= 11 is 0. The Hall–Kier alpha value is -1.63. The van der Waals surface area contributed by atoms with Crippen molar-refractivity contribution in [3.63, 3.8) is 0 Å². The largest absolute Gasteiger partial charge is 0.469 e. The molecular weight excluding hydrogens is 238 g/mol. The van der Waals surface area contributed by atoms with Crippen molar-refractivity contribution >= 4 is 17.9 Å². The molecule has 1 heterocycles. The lowest BCUT2D eigenvalue weighted by Gasteiger charge is -2.34. The van der Waals surface area contributed by atoms with Crippen molar-refractivity contribution in [3.8, 4) is 0 Å². The maximum absolute atomic E-state index is 11.6. The smallest absolute Gasteiger partial charge is 0.318 e. The van der Waals surface area contributed by atoms with Crippen molar-refractivity contribution in [2.75, 3.05) is 20.2 Å². The summed E-state index contributed by atoms with van der Waals surface area (Å²) in [6.45, 7) is 2.85. The third kappa shape index (κ3) is 3.69. The van der Waals surface area contributed by atoms with E-state index in [4.69, 9.17) is 10.5 Å². The molecule has 1 saturated heterocycles. The van der Waals surface area contributed by atoms with Gasteiger partial charge in [0, 0.05) is 6.54 Å². The molecule has 0 aromatic carbocycles. The number of urea groups is 1. The lowest BCUT2D eigenvalue weighted by atomic mass is 9.97. The minimum atomic E-state index is -0.867. The molecule has 0 aromatic rings. The van der Waals surface area contributed by atoms with E-state index in [1.807, 2.05) is 10.2 Å². The topological polar surface area (TPSA) is 102 Å². The first-order valence-electron chi connectivity index (χ1n) is 5.88. The van der Waals surface area contributed by atoms with E-state index in [0.29, 0.717) is 13.1 Å². The Morgan fingerprint density at radius 3 is 2.67 bits per heavy atom. The zero-order chi connectivity index (χ0) is 13.7. The first-order valence-corrected chi connectivity index (χ1v) is 5.88. The second kappa shape index (κ2) is 6.34. The monoisotopic (exact) mass is 257 g/mol. The van der Waals surface area contributed by atoms with Gasteiger partial charge in [0.05, 0.1) is 19.1 Å². The number of hydrogen-bond acceptors (Lipinski definition) is 5. The summed E-state index contributed by atoms with van der Waals surface area (Å²) in [5.41, 5.74) is 4.89. The standard InChI is InChI=1S/C11H19N3O4/c1-7(9(15)13-11(12)17)14-5-3-4-8(6-14)10(16)18-2/h7-8H,3-6H2,1-2H3,(H3,12,13,15,17)/t7?,8-/m0/s1. The molecule has 1 fully saturated rings. The average Bonchev–Trinajstić information content (AvgIpc) is 2.36. The second-order valence-corrected chi connectivity index (χ2v) is 4.39. The van der Waals surface area contributed by atoms with Gasteiger partial charge in [0.2, 0.25) is 5.91 Å². The number of primary amides is 1. The van der Waals surface area contributed by atoms with Gasteiger partial charge in [-0.3, -0.25) is 19.8 Å². The zero-order valence-corrected chi connectivity index (χ0v) is 10.6. The van der Waals surface area contributed by atoms with E-state index in [1.165, 1.54) is 7.11 Å². The molecule has 1 aliphatic rings. The van der Waals surface area contributed by atoms with Crippen molar-refractivity contribution in [3.05, 3.63) is 0 Å². The van der Waals surface area contributed by atoms with Crippen LogP contribution < -0.4 is 11.1 Å². The number of carbonyl (C=O) groups is 3. The van der Waals surface area contributed by atoms with Crippen LogP contribution in [0.3, 0.4) is 0 Å². The van der Waals surface area contributed by atoms with Crippen LogP contribution in [-0.4, -0.2) is 49.0 Å². The Labute approximate surface area is 106 Å². The molecule has 0 aliphatic carbocycles. The van der Waals surface area contributed by atoms with E-state index in [0.717, 1.165) is 12.8 Å². The number of hydrogen-bond donors (Lipinski definition) is 2. The number of ether oxygens (including phenoxy) is 1. The number of nitrogens with two attached hydrogens (primary N) is 1. The van der Waals surface area contributed by atoms with Gasteiger partial charge < -0.3 is 10.5 Å². The van der Waals surface area contributed by atoms with Crippen LogP contribution in [0.2, 0.25) is 0 Å². The summed E-state index contributed by atoms with van der Waals surface area (Å²) in [4.78, 5) is 35.6. The van der Waals surface area contributed by atoms with Crippen LogP contribution in [0.5, 0.6) is 0 Å². The summed E-state index contributed by atoms with van der Waals surface area (Å²) in [6, 6.07) is -1.36. The van der Waals surface area contributed by atoms with E-state index in [9.17, 15) is 14.4 Å². The number of methoxy groups -OCH3 is 1. The number of esters is 1. The highest BCUT2D eigenvalue weighted by atomic mass is 16.5. The number of nitrogens with zero attached hydrogens (tertiary/aromatic N) is 1. The van der Waals surface area contributed by atoms with Gasteiger partial charge in [0.25, 0.3) is 0 Å². The van der Waals surface area contributed by atoms with Gasteiger partial charge in [0.1, 0.15) is 0 Å². The van der Waals surface area contributed by atoms with Crippen LogP contribution in [0.4, 0.5) is 4.79 Å². The van der Waals surface area contributed by atoms with Gasteiger partial charge >= 0.3 is 12.0 Å². The molecule has 3 amide bonds. The maximum atomic E-state index is 11.6. The molecule has 2 atom stereocenters. The maximum Gasteiger partial charge on any atom is 0.318 e. The fourth-order valence-corrected chi connectivity index (χ4v) is 2.11. The van der Waals surface area contributed by atoms with E-state index in [1.54, 1.807) is 6.92 Å². The van der Waals surface area contributed by atoms with Gasteiger partial charge in [-0.15, -0.1) is 0 Å². The summed E-state index contributed by atoms with van der Waals surface area (Å²) in [7, 11) is 1.35. The number of carbonyl (C=O) groups excluding carboxylic acids is 3. The highest BCUT2D eigenvalue weighted by Crippen LogP contribution is 2.19. The van der Waals surface area contributed by atoms with Gasteiger partial charge in [0.15, 0.2) is 0 Å². The lowest BCUT2D eigenvalue weighted by molar-refractivity contribution is -0.148. The Morgan fingerprint density at radius 1 is 1.44 bits per heavy atom. The Balaban J connectivity index is 2.57. The fraction of sp³-hybridized carbons (Fsp3) is 0.727. The van der Waals surface area contributed by atoms with Crippen molar-refractivity contribution in [2.24, 2.45) is 11.7 Å². The van der Waals surface area contributed by atoms with Gasteiger partial charge in [-0.05, 0) is 26.3 Å². The predicted molar refractivity (Wildman–Crippen MR) is 63.5 cm³/mol. The SMILES string of the molecule is COC(=O)[C@H]1CCCN(C(C)C(=O)NC(N)=O)C1. The van der Waals surface area contributed by atoms with E-state index >= 15 is 0 Å². The number of imide groups is 1. The molecule has 1 aliphatic heterocycles. The Kier molecular flexibility index (Phi) is 5.08. The predicted octanol–water partition coefficient (Wildman–Crippen LogP) is -0.545. The molecule has 7 heteroatoms. The number of rotatable bonds is 3. The van der Waals surface area contributed by atoms with Crippen molar-refractivity contribution < 1.29 is 19.1 Å². The number of likely N-dealkylation sites (tertiary alicyclic amines) is 1. The minimum Gasteiger partial charge on any atom is -0.469 e. The quantitative estimate of drug-likeness (QED) is 0.661. The highest BCUT2D eigenvalue weighted by molar-refractivity contribution is 5.96. The lowest BCUT2D eigenvalue weighted by Crippen LogP contribution is -2.52. The number of nitrogens with one attached hydrogen (secondary N) is 1. The van der Waals surface area contributed by atoms with Crippen molar-refractivity contribution in [2.45, 2.75) is 25.8 Å². The molecular formula is C11H19N3O4. The molecule has 0 spiro atoms. The molecule has 0 radical (unpaired) electrons. The van der Waals surface area contributed by atoms with E-state index in [2.05, 4.69) is 0 Å². The van der Waals surface area contributed by atoms with Crippen molar-refractivity contribution in [1.82, 2.24) is 10.2 Å². The summed E-state index contributed by atoms with van der Waals surface area (Å²) in [5, 5.41) is 2.04. The van der Waals surface area contributed by atoms with Crippen LogP contribution in [0.1, 0.15) is 19.8 Å². The summed E-state index contributed by atoms with van der Waals surface area (Å²) in [6.07, 6.45) is 1.57. The van der Waals surface area contributed by atoms with Gasteiger partial charge in [-0.2, -0.15) is 0 Å². The third-order valence-electron chi connectivity index (χ3n) is 3.16. The number of amides is 3. The fourth-order valence-electron chi connectivity index (χ4n) is 2.11. The van der Waals surface area contributed by atoms with Crippen LogP contribution in [-0.2, 0) is 14.3 Å². The van der Waals surface area contributed by atoms with Crippen LogP contribution in [0.25, 0.3) is 0 Å². The summed E-state index contributed by atoms with van der Waals surface area (Å²) in [5.74, 6) is -0.928. The molecule has 1 unspecified atom stereocenters. The molecule has 18 heavy (non-hydrogen) atoms. The zero-order valence-electron chi connectivity index (χ0n) is 10.6. The minimum absolute atomic E-state index is 0.215. The van der Waals surface area contributed by atoms with Crippen LogP contribution in [0, 0.1) is 5.92 Å². The molecule has 0 bridgehead atoms. The van der Waals surface area contributed by atoms with E-state index < -0.39 is 18.0 Å². The molecule has 0 aromatic heterocycles. The van der Waals surface area contributed by atoms with Crippen molar-refractivity contribution in [1.29, 1.82) is 0 Å². The Morgan fingerprint density at radius 2 is 2.11 bits per heavy atom. The highest BCUT2D eigenvalue weighted by Gasteiger charge is 2.31. The molecule has 7 nitrogen and oxygen atoms in total. The Bertz CT molecular complexity index is 345. The molecule has 102 valence electrons. The van der Waals surface area contributed by atoms with Gasteiger partial charge in [-0.25, -0.2) is 4.79 Å². The second-order valence-electron chi connectivity index (χ2n) is 4.39. The summed E-state index contributed by atoms with van der Waals surface area (Å²) < 4.78 is 4.70. The first kappa shape index (κ1) is 14.4. The van der Waals surface area contributed by atoms with Gasteiger partial charge in [-0.1, -0.05) is 0 Å². The van der Waals surface area contributed by atoms with E-state index in [-0.39, 0.29) is 11.9 Å². The third-order valence-corrected chi connectivity index (χ3v) is 3.16. The average molecular weight is 257 g/mol. The molecule has 0 saturated carbocycles.